The van der Waals surface area contributed by atoms with Crippen LogP contribution in [-0.4, -0.2) is 46.7 Å². The number of nitrogens with zero attached hydrogens (tertiary/aromatic N) is 1. The van der Waals surface area contributed by atoms with E-state index in [-0.39, 0.29) is 29.7 Å². The van der Waals surface area contributed by atoms with Crippen LogP contribution < -0.4 is 5.32 Å². The van der Waals surface area contributed by atoms with Crippen LogP contribution in [0, 0.1) is 0 Å². The Hall–Kier alpha value is -2.24. The van der Waals surface area contributed by atoms with E-state index in [4.69, 9.17) is 4.74 Å². The number of likely N-dealkylation sites (tertiary alicyclic amines) is 1. The van der Waals surface area contributed by atoms with Gasteiger partial charge in [-0.3, -0.25) is 4.79 Å². The molecule has 6 nitrogen and oxygen atoms in total. The quantitative estimate of drug-likeness (QED) is 0.860. The predicted molar refractivity (Wildman–Crippen MR) is 100 cm³/mol. The highest BCUT2D eigenvalue weighted by molar-refractivity contribution is 5.94. The fourth-order valence-corrected chi connectivity index (χ4v) is 3.08. The molecule has 0 spiro atoms. The lowest BCUT2D eigenvalue weighted by atomic mass is 9.88. The number of nitrogens with one attached hydrogen (secondary N) is 1. The van der Waals surface area contributed by atoms with Gasteiger partial charge in [0.2, 0.25) is 0 Å². The largest absolute Gasteiger partial charge is 0.508 e. The average Bonchev–Trinajstić information content (AvgIpc) is 2.52. The van der Waals surface area contributed by atoms with Crippen LogP contribution in [-0.2, 0) is 4.74 Å². The molecule has 0 radical (unpaired) electrons. The lowest BCUT2D eigenvalue weighted by Gasteiger charge is -2.33. The smallest absolute Gasteiger partial charge is 0.410 e. The van der Waals surface area contributed by atoms with Crippen LogP contribution >= 0.6 is 0 Å². The molecule has 1 aliphatic heterocycles. The van der Waals surface area contributed by atoms with Crippen molar-refractivity contribution in [2.45, 2.75) is 65.0 Å². The normalized spacial score (nSPS) is 15.8. The Morgan fingerprint density at radius 3 is 2.35 bits per heavy atom. The number of amides is 2. The molecule has 2 rings (SSSR count). The first kappa shape index (κ1) is 20.1. The fourth-order valence-electron chi connectivity index (χ4n) is 3.08. The van der Waals surface area contributed by atoms with Gasteiger partial charge in [-0.2, -0.15) is 0 Å². The molecule has 0 atom stereocenters. The van der Waals surface area contributed by atoms with E-state index in [0.717, 1.165) is 18.4 Å². The second kappa shape index (κ2) is 7.98. The summed E-state index contributed by atoms with van der Waals surface area (Å²) in [6.07, 6.45) is 1.22. The van der Waals surface area contributed by atoms with Gasteiger partial charge in [-0.05, 0) is 71.1 Å². The van der Waals surface area contributed by atoms with Crippen molar-refractivity contribution in [3.63, 3.8) is 0 Å². The summed E-state index contributed by atoms with van der Waals surface area (Å²) in [4.78, 5) is 25.9. The Morgan fingerprint density at radius 1 is 1.23 bits per heavy atom. The monoisotopic (exact) mass is 362 g/mol. The van der Waals surface area contributed by atoms with Gasteiger partial charge < -0.3 is 20.1 Å². The molecule has 1 aromatic rings. The van der Waals surface area contributed by atoms with Crippen LogP contribution in [0.3, 0.4) is 0 Å². The summed E-state index contributed by atoms with van der Waals surface area (Å²) in [5, 5.41) is 13.2. The second-order valence-corrected chi connectivity index (χ2v) is 8.14. The molecule has 0 saturated carbocycles. The first-order chi connectivity index (χ1) is 12.1. The van der Waals surface area contributed by atoms with Gasteiger partial charge in [0.05, 0.1) is 0 Å². The number of hydrogen-bond donors (Lipinski definition) is 2. The molecule has 0 bridgehead atoms. The van der Waals surface area contributed by atoms with Crippen molar-refractivity contribution in [3.8, 4) is 5.75 Å². The Bertz CT molecular complexity index is 656. The predicted octanol–water partition coefficient (Wildman–Crippen LogP) is 3.64. The molecule has 6 heteroatoms. The molecule has 1 aliphatic rings. The third-order valence-electron chi connectivity index (χ3n) is 4.30. The van der Waals surface area contributed by atoms with Gasteiger partial charge in [0.25, 0.3) is 5.91 Å². The van der Waals surface area contributed by atoms with Crippen LogP contribution in [0.15, 0.2) is 18.2 Å². The van der Waals surface area contributed by atoms with E-state index in [1.165, 1.54) is 6.07 Å². The minimum absolute atomic E-state index is 0.0431. The third-order valence-corrected chi connectivity index (χ3v) is 4.30. The molecule has 0 aliphatic carbocycles. The lowest BCUT2D eigenvalue weighted by Crippen LogP contribution is -2.41. The van der Waals surface area contributed by atoms with E-state index in [2.05, 4.69) is 5.32 Å². The van der Waals surface area contributed by atoms with Crippen molar-refractivity contribution >= 4 is 12.0 Å². The molecule has 2 N–H and O–H groups in total. The lowest BCUT2D eigenvalue weighted by molar-refractivity contribution is 0.0204. The van der Waals surface area contributed by atoms with Crippen LogP contribution in [0.4, 0.5) is 4.79 Å². The van der Waals surface area contributed by atoms with Crippen molar-refractivity contribution in [1.29, 1.82) is 0 Å². The zero-order chi connectivity index (χ0) is 19.5. The van der Waals surface area contributed by atoms with Gasteiger partial charge in [-0.15, -0.1) is 0 Å². The molecule has 0 unspecified atom stereocenters. The zero-order valence-corrected chi connectivity index (χ0v) is 16.3. The van der Waals surface area contributed by atoms with Gasteiger partial charge in [0, 0.05) is 24.7 Å². The van der Waals surface area contributed by atoms with Crippen LogP contribution in [0.5, 0.6) is 5.75 Å². The van der Waals surface area contributed by atoms with E-state index < -0.39 is 5.60 Å². The Balaban J connectivity index is 1.99. The van der Waals surface area contributed by atoms with Gasteiger partial charge >= 0.3 is 6.09 Å². The maximum atomic E-state index is 12.1. The number of benzene rings is 1. The number of carbonyl (C=O) groups is 2. The first-order valence-electron chi connectivity index (χ1n) is 9.18. The highest BCUT2D eigenvalue weighted by atomic mass is 16.6. The summed E-state index contributed by atoms with van der Waals surface area (Å²) in [5.41, 5.74) is 0.777. The highest BCUT2D eigenvalue weighted by Crippen LogP contribution is 2.34. The van der Waals surface area contributed by atoms with Crippen molar-refractivity contribution in [2.24, 2.45) is 0 Å². The molecule has 1 heterocycles. The number of hydrogen-bond acceptors (Lipinski definition) is 4. The van der Waals surface area contributed by atoms with Gasteiger partial charge in [-0.1, -0.05) is 6.07 Å². The Kier molecular flexibility index (Phi) is 6.16. The molecular weight excluding hydrogens is 332 g/mol. The number of ether oxygens (including phenoxy) is 1. The molecular formula is C20H30N2O4. The SMILES string of the molecule is CC(C)NC(=O)c1ccc(C2CCN(C(=O)OC(C)(C)C)CC2)c(O)c1. The summed E-state index contributed by atoms with van der Waals surface area (Å²) in [5.74, 6) is 0.106. The number of phenols is 1. The van der Waals surface area contributed by atoms with Gasteiger partial charge in [0.15, 0.2) is 0 Å². The van der Waals surface area contributed by atoms with Gasteiger partial charge in [-0.25, -0.2) is 4.79 Å². The standard InChI is InChI=1S/C20H30N2O4/c1-13(2)21-18(24)15-6-7-16(17(23)12-15)14-8-10-22(11-9-14)19(25)26-20(3,4)5/h6-7,12-14,23H,8-11H2,1-5H3,(H,21,24). The van der Waals surface area contributed by atoms with E-state index in [1.807, 2.05) is 40.7 Å². The summed E-state index contributed by atoms with van der Waals surface area (Å²) in [6, 6.07) is 5.13. The summed E-state index contributed by atoms with van der Waals surface area (Å²) in [7, 11) is 0. The van der Waals surface area contributed by atoms with Gasteiger partial charge in [0.1, 0.15) is 11.4 Å². The number of piperidine rings is 1. The molecule has 26 heavy (non-hydrogen) atoms. The number of carbonyl (C=O) groups excluding carboxylic acids is 2. The Morgan fingerprint density at radius 2 is 1.85 bits per heavy atom. The highest BCUT2D eigenvalue weighted by Gasteiger charge is 2.28. The molecule has 1 fully saturated rings. The van der Waals surface area contributed by atoms with E-state index >= 15 is 0 Å². The molecule has 1 saturated heterocycles. The summed E-state index contributed by atoms with van der Waals surface area (Å²) < 4.78 is 5.41. The van der Waals surface area contributed by atoms with E-state index in [0.29, 0.717) is 18.7 Å². The number of aromatic hydroxyl groups is 1. The first-order valence-corrected chi connectivity index (χ1v) is 9.18. The number of rotatable bonds is 3. The molecule has 0 aromatic heterocycles. The van der Waals surface area contributed by atoms with Crippen molar-refractivity contribution < 1.29 is 19.4 Å². The Labute approximate surface area is 155 Å². The second-order valence-electron chi connectivity index (χ2n) is 8.14. The average molecular weight is 362 g/mol. The number of phenolic OH excluding ortho intramolecular Hbond substituents is 1. The minimum Gasteiger partial charge on any atom is -0.508 e. The van der Waals surface area contributed by atoms with Crippen molar-refractivity contribution in [2.75, 3.05) is 13.1 Å². The van der Waals surface area contributed by atoms with Crippen LogP contribution in [0.1, 0.15) is 69.3 Å². The minimum atomic E-state index is -0.501. The fraction of sp³-hybridized carbons (Fsp3) is 0.600. The molecule has 2 amide bonds. The van der Waals surface area contributed by atoms with Crippen LogP contribution in [0.25, 0.3) is 0 Å². The zero-order valence-electron chi connectivity index (χ0n) is 16.3. The van der Waals surface area contributed by atoms with Crippen LogP contribution in [0.2, 0.25) is 0 Å². The topological polar surface area (TPSA) is 78.9 Å². The van der Waals surface area contributed by atoms with Crippen molar-refractivity contribution in [1.82, 2.24) is 10.2 Å². The third kappa shape index (κ3) is 5.38. The van der Waals surface area contributed by atoms with E-state index in [9.17, 15) is 14.7 Å². The summed E-state index contributed by atoms with van der Waals surface area (Å²) in [6.45, 7) is 10.5. The maximum Gasteiger partial charge on any atom is 0.410 e. The van der Waals surface area contributed by atoms with Crippen molar-refractivity contribution in [3.05, 3.63) is 29.3 Å². The summed E-state index contributed by atoms with van der Waals surface area (Å²) >= 11 is 0. The maximum absolute atomic E-state index is 12.1. The molecule has 1 aromatic carbocycles. The van der Waals surface area contributed by atoms with E-state index in [1.54, 1.807) is 11.0 Å². The molecule has 144 valence electrons.